The van der Waals surface area contributed by atoms with E-state index in [0.717, 1.165) is 25.2 Å². The molecule has 1 aliphatic heterocycles. The van der Waals surface area contributed by atoms with Crippen molar-refractivity contribution in [2.24, 2.45) is 5.92 Å². The summed E-state index contributed by atoms with van der Waals surface area (Å²) in [5.74, 6) is 0.832. The van der Waals surface area contributed by atoms with E-state index in [0.29, 0.717) is 19.0 Å². The summed E-state index contributed by atoms with van der Waals surface area (Å²) in [6.07, 6.45) is 5.55. The summed E-state index contributed by atoms with van der Waals surface area (Å²) in [4.78, 5) is 28.2. The van der Waals surface area contributed by atoms with Crippen LogP contribution in [0, 0.1) is 23.0 Å². The number of aromatic nitrogens is 2. The molecule has 1 saturated heterocycles. The highest BCUT2D eigenvalue weighted by Crippen LogP contribution is 2.23. The highest BCUT2D eigenvalue weighted by molar-refractivity contribution is 5.91. The molecule has 23 heavy (non-hydrogen) atoms. The minimum absolute atomic E-state index is 0.0283. The van der Waals surface area contributed by atoms with Crippen LogP contribution in [-0.2, 0) is 6.54 Å². The number of carbonyl (C=O) groups excluding carboxylic acids is 1. The molecule has 0 bridgehead atoms. The lowest BCUT2D eigenvalue weighted by molar-refractivity contribution is -0.402. The predicted molar refractivity (Wildman–Crippen MR) is 81.0 cm³/mol. The fourth-order valence-electron chi connectivity index (χ4n) is 2.89. The normalized spacial score (nSPS) is 15.8. The lowest BCUT2D eigenvalue weighted by atomic mass is 9.96. The van der Waals surface area contributed by atoms with E-state index in [4.69, 9.17) is 4.42 Å². The Morgan fingerprint density at radius 3 is 2.74 bits per heavy atom. The van der Waals surface area contributed by atoms with Crippen LogP contribution in [0.25, 0.3) is 0 Å². The molecule has 0 aromatic carbocycles. The quantitative estimate of drug-likeness (QED) is 0.636. The van der Waals surface area contributed by atoms with Gasteiger partial charge in [0.1, 0.15) is 10.7 Å². The molecule has 3 heterocycles. The molecule has 8 heteroatoms. The number of hydrogen-bond donors (Lipinski definition) is 0. The molecule has 1 aliphatic rings. The van der Waals surface area contributed by atoms with Gasteiger partial charge in [-0.3, -0.25) is 14.9 Å². The van der Waals surface area contributed by atoms with Crippen LogP contribution in [0.15, 0.2) is 28.9 Å². The molecule has 2 aromatic rings. The van der Waals surface area contributed by atoms with E-state index >= 15 is 0 Å². The summed E-state index contributed by atoms with van der Waals surface area (Å²) in [5.41, 5.74) is 0. The molecule has 0 unspecified atom stereocenters. The van der Waals surface area contributed by atoms with Gasteiger partial charge in [-0.05, 0) is 31.7 Å². The zero-order valence-corrected chi connectivity index (χ0v) is 12.8. The number of hydrogen-bond acceptors (Lipinski definition) is 5. The van der Waals surface area contributed by atoms with E-state index in [-0.39, 0.29) is 11.7 Å². The van der Waals surface area contributed by atoms with Crippen molar-refractivity contribution in [3.8, 4) is 0 Å². The first-order valence-electron chi connectivity index (χ1n) is 7.56. The Bertz CT molecular complexity index is 713. The second kappa shape index (κ2) is 6.23. The molecule has 2 aromatic heterocycles. The number of imidazole rings is 1. The third-order valence-electron chi connectivity index (χ3n) is 4.26. The van der Waals surface area contributed by atoms with Gasteiger partial charge in [0.05, 0.1) is 6.07 Å². The molecule has 0 saturated carbocycles. The topological polar surface area (TPSA) is 94.4 Å². The van der Waals surface area contributed by atoms with Crippen molar-refractivity contribution in [1.29, 1.82) is 0 Å². The first-order chi connectivity index (χ1) is 11.0. The van der Waals surface area contributed by atoms with Crippen molar-refractivity contribution in [3.05, 3.63) is 46.2 Å². The third-order valence-corrected chi connectivity index (χ3v) is 4.26. The molecule has 1 amide bonds. The van der Waals surface area contributed by atoms with Crippen LogP contribution in [0.1, 0.15) is 29.2 Å². The van der Waals surface area contributed by atoms with Gasteiger partial charge in [-0.25, -0.2) is 4.98 Å². The van der Waals surface area contributed by atoms with Gasteiger partial charge in [-0.15, -0.1) is 0 Å². The molecule has 0 radical (unpaired) electrons. The number of nitro groups is 1. The van der Waals surface area contributed by atoms with Gasteiger partial charge in [0.15, 0.2) is 5.76 Å². The Labute approximate surface area is 132 Å². The van der Waals surface area contributed by atoms with Crippen molar-refractivity contribution in [2.75, 3.05) is 13.1 Å². The number of aryl methyl sites for hydroxylation is 1. The van der Waals surface area contributed by atoms with Gasteiger partial charge >= 0.3 is 5.88 Å². The van der Waals surface area contributed by atoms with Crippen molar-refractivity contribution < 1.29 is 14.1 Å². The maximum absolute atomic E-state index is 12.3. The lowest BCUT2D eigenvalue weighted by Crippen LogP contribution is -2.39. The minimum Gasteiger partial charge on any atom is -0.395 e. The van der Waals surface area contributed by atoms with Crippen LogP contribution >= 0.6 is 0 Å². The Morgan fingerprint density at radius 2 is 2.17 bits per heavy atom. The standard InChI is InChI=1S/C15H18N4O4/c1-11-16-6-9-18(11)10-12-4-7-17(8-5-12)15(20)13-2-3-14(23-13)19(21)22/h2-3,6,9,12H,4-5,7-8,10H2,1H3. The smallest absolute Gasteiger partial charge is 0.395 e. The SMILES string of the molecule is Cc1nccn1CC1CCN(C(=O)c2ccc([N+](=O)[O-])o2)CC1. The highest BCUT2D eigenvalue weighted by Gasteiger charge is 2.27. The molecular formula is C15H18N4O4. The molecule has 0 N–H and O–H groups in total. The Kier molecular flexibility index (Phi) is 4.14. The molecule has 0 spiro atoms. The van der Waals surface area contributed by atoms with Gasteiger partial charge in [0.25, 0.3) is 5.91 Å². The maximum atomic E-state index is 12.3. The second-order valence-electron chi connectivity index (χ2n) is 5.76. The van der Waals surface area contributed by atoms with Crippen LogP contribution in [-0.4, -0.2) is 38.4 Å². The summed E-state index contributed by atoms with van der Waals surface area (Å²) in [7, 11) is 0. The first kappa shape index (κ1) is 15.3. The first-order valence-corrected chi connectivity index (χ1v) is 7.56. The number of nitrogens with zero attached hydrogens (tertiary/aromatic N) is 4. The molecule has 8 nitrogen and oxygen atoms in total. The molecule has 0 aliphatic carbocycles. The van der Waals surface area contributed by atoms with Crippen LogP contribution in [0.4, 0.5) is 5.88 Å². The van der Waals surface area contributed by atoms with Gasteiger partial charge in [0, 0.05) is 32.0 Å². The summed E-state index contributed by atoms with van der Waals surface area (Å²) in [5, 5.41) is 10.6. The average Bonchev–Trinajstić information content (AvgIpc) is 3.17. The van der Waals surface area contributed by atoms with E-state index in [2.05, 4.69) is 9.55 Å². The van der Waals surface area contributed by atoms with E-state index in [1.165, 1.54) is 12.1 Å². The number of carbonyl (C=O) groups is 1. The molecule has 3 rings (SSSR count). The van der Waals surface area contributed by atoms with E-state index in [1.54, 1.807) is 11.1 Å². The molecule has 0 atom stereocenters. The highest BCUT2D eigenvalue weighted by atomic mass is 16.6. The monoisotopic (exact) mass is 318 g/mol. The van der Waals surface area contributed by atoms with Gasteiger partial charge in [-0.2, -0.15) is 0 Å². The zero-order valence-electron chi connectivity index (χ0n) is 12.8. The van der Waals surface area contributed by atoms with Crippen molar-refractivity contribution in [1.82, 2.24) is 14.5 Å². The van der Waals surface area contributed by atoms with Crippen molar-refractivity contribution in [2.45, 2.75) is 26.3 Å². The van der Waals surface area contributed by atoms with Gasteiger partial charge in [0.2, 0.25) is 0 Å². The third kappa shape index (κ3) is 3.25. The van der Waals surface area contributed by atoms with E-state index in [1.807, 2.05) is 13.1 Å². The summed E-state index contributed by atoms with van der Waals surface area (Å²) < 4.78 is 7.11. The largest absolute Gasteiger partial charge is 0.433 e. The second-order valence-corrected chi connectivity index (χ2v) is 5.76. The summed E-state index contributed by atoms with van der Waals surface area (Å²) in [6.45, 7) is 4.14. The van der Waals surface area contributed by atoms with Gasteiger partial charge < -0.3 is 13.9 Å². The maximum Gasteiger partial charge on any atom is 0.433 e. The van der Waals surface area contributed by atoms with E-state index < -0.39 is 10.8 Å². The van der Waals surface area contributed by atoms with Gasteiger partial charge in [-0.1, -0.05) is 0 Å². The number of piperidine rings is 1. The lowest BCUT2D eigenvalue weighted by Gasteiger charge is -2.31. The zero-order chi connectivity index (χ0) is 16.4. The molecular weight excluding hydrogens is 300 g/mol. The predicted octanol–water partition coefficient (Wildman–Crippen LogP) is 2.25. The van der Waals surface area contributed by atoms with Crippen molar-refractivity contribution in [3.63, 3.8) is 0 Å². The Morgan fingerprint density at radius 1 is 1.43 bits per heavy atom. The number of furan rings is 1. The number of likely N-dealkylation sites (tertiary alicyclic amines) is 1. The Balaban J connectivity index is 1.56. The van der Waals surface area contributed by atoms with Crippen LogP contribution in [0.2, 0.25) is 0 Å². The fourth-order valence-corrected chi connectivity index (χ4v) is 2.89. The number of amides is 1. The van der Waals surface area contributed by atoms with E-state index in [9.17, 15) is 14.9 Å². The minimum atomic E-state index is -0.642. The molecule has 1 fully saturated rings. The summed E-state index contributed by atoms with van der Waals surface area (Å²) >= 11 is 0. The van der Waals surface area contributed by atoms with Crippen LogP contribution < -0.4 is 0 Å². The molecule has 122 valence electrons. The number of rotatable bonds is 4. The van der Waals surface area contributed by atoms with Crippen LogP contribution in [0.3, 0.4) is 0 Å². The van der Waals surface area contributed by atoms with Crippen molar-refractivity contribution >= 4 is 11.8 Å². The average molecular weight is 318 g/mol. The van der Waals surface area contributed by atoms with Crippen LogP contribution in [0.5, 0.6) is 0 Å². The summed E-state index contributed by atoms with van der Waals surface area (Å²) in [6, 6.07) is 2.57. The Hall–Kier alpha value is -2.64. The fraction of sp³-hybridized carbons (Fsp3) is 0.467.